The van der Waals surface area contributed by atoms with Crippen LogP contribution in [-0.2, 0) is 18.4 Å². The summed E-state index contributed by atoms with van der Waals surface area (Å²) in [6.45, 7) is 5.56. The van der Waals surface area contributed by atoms with Gasteiger partial charge in [-0.2, -0.15) is 18.2 Å². The molecule has 2 aliphatic rings. The fraction of sp³-hybridized carbons (Fsp3) is 0.636. The number of aromatic nitrogens is 4. The number of carboxylic acids is 1. The molecule has 10 nitrogen and oxygen atoms in total. The largest absolute Gasteiger partial charge is 0.490 e. The van der Waals surface area contributed by atoms with Gasteiger partial charge in [0.15, 0.2) is 11.2 Å². The Kier molecular flexibility index (Phi) is 8.26. The Balaban J connectivity index is 0.000000429. The minimum absolute atomic E-state index is 0.104. The van der Waals surface area contributed by atoms with Gasteiger partial charge in [-0.3, -0.25) is 18.5 Å². The van der Waals surface area contributed by atoms with Gasteiger partial charge in [-0.15, -0.1) is 5.92 Å². The molecule has 2 fully saturated rings. The fourth-order valence-electron chi connectivity index (χ4n) is 4.39. The van der Waals surface area contributed by atoms with Gasteiger partial charge in [0, 0.05) is 39.3 Å². The van der Waals surface area contributed by atoms with Crippen LogP contribution in [0.5, 0.6) is 0 Å². The van der Waals surface area contributed by atoms with Crippen LogP contribution >= 0.6 is 0 Å². The number of carbonyl (C=O) groups is 1. The van der Waals surface area contributed by atoms with Gasteiger partial charge < -0.3 is 15.3 Å². The average Bonchev–Trinajstić information content (AvgIpc) is 3.21. The molecule has 1 saturated heterocycles. The molecule has 2 N–H and O–H groups in total. The first-order valence-electron chi connectivity index (χ1n) is 11.4. The molecule has 3 heterocycles. The number of imidazole rings is 1. The Morgan fingerprint density at radius 2 is 1.77 bits per heavy atom. The van der Waals surface area contributed by atoms with Crippen molar-refractivity contribution in [1.82, 2.24) is 24.0 Å². The normalized spacial score (nSPS) is 16.9. The maximum absolute atomic E-state index is 13.1. The van der Waals surface area contributed by atoms with Gasteiger partial charge in [0.1, 0.15) is 0 Å². The molecule has 0 bridgehead atoms. The Morgan fingerprint density at radius 3 is 2.31 bits per heavy atom. The van der Waals surface area contributed by atoms with Crippen molar-refractivity contribution < 1.29 is 23.1 Å². The van der Waals surface area contributed by atoms with Crippen LogP contribution in [0.15, 0.2) is 9.59 Å². The van der Waals surface area contributed by atoms with Crippen LogP contribution in [0, 0.1) is 11.8 Å². The van der Waals surface area contributed by atoms with E-state index in [1.54, 1.807) is 18.5 Å². The zero-order valence-corrected chi connectivity index (χ0v) is 19.7. The van der Waals surface area contributed by atoms with Crippen molar-refractivity contribution in [2.75, 3.05) is 31.1 Å². The Morgan fingerprint density at radius 1 is 1.17 bits per heavy atom. The molecular weight excluding hydrogens is 469 g/mol. The number of halogens is 3. The number of hydrogen-bond acceptors (Lipinski definition) is 6. The highest BCUT2D eigenvalue weighted by Crippen LogP contribution is 2.30. The zero-order chi connectivity index (χ0) is 25.8. The molecule has 0 atom stereocenters. The van der Waals surface area contributed by atoms with Crippen molar-refractivity contribution in [3.63, 3.8) is 0 Å². The number of rotatable bonds is 3. The first-order valence-corrected chi connectivity index (χ1v) is 11.4. The summed E-state index contributed by atoms with van der Waals surface area (Å²) >= 11 is 0. The number of nitrogens with zero attached hydrogens (tertiary/aromatic N) is 5. The highest BCUT2D eigenvalue weighted by atomic mass is 19.4. The van der Waals surface area contributed by atoms with Crippen LogP contribution in [-0.4, -0.2) is 62.1 Å². The SMILES string of the molecule is CC#CCn1c(N2CCNCC2)nc2c1c(=O)n(C)c(=O)n2C1CCCCC1.O=C(O)C(F)(F)F. The van der Waals surface area contributed by atoms with Crippen molar-refractivity contribution in [2.45, 2.75) is 57.8 Å². The molecule has 0 radical (unpaired) electrons. The van der Waals surface area contributed by atoms with Crippen molar-refractivity contribution in [3.05, 3.63) is 20.8 Å². The lowest BCUT2D eigenvalue weighted by atomic mass is 9.95. The minimum atomic E-state index is -5.08. The van der Waals surface area contributed by atoms with E-state index in [0.29, 0.717) is 17.7 Å². The number of fused-ring (bicyclic) bond motifs is 1. The summed E-state index contributed by atoms with van der Waals surface area (Å²) in [5, 5.41) is 10.5. The maximum atomic E-state index is 13.1. The minimum Gasteiger partial charge on any atom is -0.475 e. The van der Waals surface area contributed by atoms with Crippen molar-refractivity contribution in [2.24, 2.45) is 7.05 Å². The standard InChI is InChI=1S/C20H28N6O2.C2HF3O2/c1-3-4-12-25-16-17(22-19(25)24-13-10-21-11-14-24)26(15-8-6-5-7-9-15)20(28)23(2)18(16)27;3-2(4,5)1(6)7/h15,21H,5-14H2,1-2H3;(H,6,7). The number of alkyl halides is 3. The van der Waals surface area contributed by atoms with E-state index in [9.17, 15) is 22.8 Å². The molecule has 0 spiro atoms. The summed E-state index contributed by atoms with van der Waals surface area (Å²) in [4.78, 5) is 42.1. The Labute approximate surface area is 199 Å². The van der Waals surface area contributed by atoms with Gasteiger partial charge in [0.05, 0.1) is 6.54 Å². The number of aliphatic carboxylic acids is 1. The van der Waals surface area contributed by atoms with Crippen LogP contribution in [0.3, 0.4) is 0 Å². The van der Waals surface area contributed by atoms with E-state index >= 15 is 0 Å². The second-order valence-electron chi connectivity index (χ2n) is 8.45. The van der Waals surface area contributed by atoms with Crippen molar-refractivity contribution >= 4 is 23.1 Å². The molecule has 192 valence electrons. The molecule has 0 amide bonds. The molecule has 35 heavy (non-hydrogen) atoms. The predicted octanol–water partition coefficient (Wildman–Crippen LogP) is 1.47. The second kappa shape index (κ2) is 11.0. The van der Waals surface area contributed by atoms with E-state index in [1.807, 2.05) is 4.57 Å². The number of carboxylic acid groups (broad SMARTS) is 1. The lowest BCUT2D eigenvalue weighted by molar-refractivity contribution is -0.192. The second-order valence-corrected chi connectivity index (χ2v) is 8.45. The number of anilines is 1. The van der Waals surface area contributed by atoms with Gasteiger partial charge in [0.2, 0.25) is 5.95 Å². The lowest BCUT2D eigenvalue weighted by Gasteiger charge is -2.28. The summed E-state index contributed by atoms with van der Waals surface area (Å²) in [5.74, 6) is 3.98. The Hall–Kier alpha value is -3.27. The van der Waals surface area contributed by atoms with Crippen molar-refractivity contribution in [1.29, 1.82) is 0 Å². The number of nitrogens with one attached hydrogen (secondary N) is 1. The number of hydrogen-bond donors (Lipinski definition) is 2. The monoisotopic (exact) mass is 498 g/mol. The fourth-order valence-corrected chi connectivity index (χ4v) is 4.39. The summed E-state index contributed by atoms with van der Waals surface area (Å²) in [7, 11) is 1.57. The molecule has 13 heteroatoms. The number of piperazine rings is 1. The Bertz CT molecular complexity index is 1240. The van der Waals surface area contributed by atoms with Gasteiger partial charge in [0.25, 0.3) is 5.56 Å². The molecular formula is C22H29F3N6O4. The predicted molar refractivity (Wildman–Crippen MR) is 124 cm³/mol. The maximum Gasteiger partial charge on any atom is 0.490 e. The lowest BCUT2D eigenvalue weighted by Crippen LogP contribution is -2.44. The third kappa shape index (κ3) is 5.70. The van der Waals surface area contributed by atoms with E-state index in [1.165, 1.54) is 11.0 Å². The molecule has 2 aromatic rings. The van der Waals surface area contributed by atoms with E-state index in [2.05, 4.69) is 22.1 Å². The van der Waals surface area contributed by atoms with Crippen LogP contribution in [0.2, 0.25) is 0 Å². The topological polar surface area (TPSA) is 114 Å². The van der Waals surface area contributed by atoms with Gasteiger partial charge in [-0.05, 0) is 19.8 Å². The van der Waals surface area contributed by atoms with Gasteiger partial charge in [-0.1, -0.05) is 25.2 Å². The summed E-state index contributed by atoms with van der Waals surface area (Å²) in [6.07, 6.45) is 0.241. The summed E-state index contributed by atoms with van der Waals surface area (Å²) in [6, 6.07) is 0.104. The smallest absolute Gasteiger partial charge is 0.475 e. The molecule has 1 aliphatic heterocycles. The first kappa shape index (κ1) is 26.3. The van der Waals surface area contributed by atoms with Crippen LogP contribution in [0.4, 0.5) is 19.1 Å². The molecule has 4 rings (SSSR count). The van der Waals surface area contributed by atoms with Crippen molar-refractivity contribution in [3.8, 4) is 11.8 Å². The van der Waals surface area contributed by atoms with Gasteiger partial charge in [-0.25, -0.2) is 9.59 Å². The summed E-state index contributed by atoms with van der Waals surface area (Å²) < 4.78 is 36.6. The molecule has 0 aromatic carbocycles. The average molecular weight is 499 g/mol. The van der Waals surface area contributed by atoms with E-state index in [0.717, 1.165) is 57.8 Å². The third-order valence-electron chi connectivity index (χ3n) is 6.15. The van der Waals surface area contributed by atoms with Gasteiger partial charge >= 0.3 is 17.8 Å². The van der Waals surface area contributed by atoms with Crippen LogP contribution in [0.1, 0.15) is 45.1 Å². The highest BCUT2D eigenvalue weighted by Gasteiger charge is 2.38. The van der Waals surface area contributed by atoms with E-state index in [4.69, 9.17) is 14.9 Å². The highest BCUT2D eigenvalue weighted by molar-refractivity contribution is 5.75. The van der Waals surface area contributed by atoms with E-state index < -0.39 is 12.1 Å². The third-order valence-corrected chi connectivity index (χ3v) is 6.15. The molecule has 0 unspecified atom stereocenters. The summed E-state index contributed by atoms with van der Waals surface area (Å²) in [5.41, 5.74) is 0.455. The molecule has 1 aliphatic carbocycles. The quantitative estimate of drug-likeness (QED) is 0.616. The van der Waals surface area contributed by atoms with Crippen LogP contribution < -0.4 is 21.5 Å². The molecule has 2 aromatic heterocycles. The zero-order valence-electron chi connectivity index (χ0n) is 19.7. The first-order chi connectivity index (χ1) is 16.6. The molecule has 1 saturated carbocycles. The van der Waals surface area contributed by atoms with Crippen LogP contribution in [0.25, 0.3) is 11.2 Å². The van der Waals surface area contributed by atoms with E-state index in [-0.39, 0.29) is 17.3 Å².